The van der Waals surface area contributed by atoms with Gasteiger partial charge >= 0.3 is 0 Å². The first kappa shape index (κ1) is 39.4. The number of amides is 5. The van der Waals surface area contributed by atoms with E-state index in [1.165, 1.54) is 6.42 Å². The number of likely N-dealkylation sites (tertiary alicyclic amines) is 2. The molecule has 5 amide bonds. The molecule has 13 nitrogen and oxygen atoms in total. The lowest BCUT2D eigenvalue weighted by Gasteiger charge is -2.50. The number of carbonyl (C=O) groups excluding carboxylic acids is 5. The topological polar surface area (TPSA) is 155 Å². The van der Waals surface area contributed by atoms with Crippen molar-refractivity contribution in [2.45, 2.75) is 91.8 Å². The number of ether oxygens (including phenoxy) is 1. The van der Waals surface area contributed by atoms with Crippen LogP contribution in [0, 0.1) is 34.0 Å². The van der Waals surface area contributed by atoms with E-state index in [0.717, 1.165) is 37.7 Å². The van der Waals surface area contributed by atoms with E-state index in [9.17, 15) is 24.0 Å². The van der Waals surface area contributed by atoms with Gasteiger partial charge in [-0.15, -0.1) is 0 Å². The Bertz CT molecular complexity index is 1690. The summed E-state index contributed by atoms with van der Waals surface area (Å²) in [5.41, 5.74) is -0.0937. The van der Waals surface area contributed by atoms with Gasteiger partial charge in [-0.2, -0.15) is 5.10 Å². The van der Waals surface area contributed by atoms with E-state index in [4.69, 9.17) is 4.74 Å². The molecule has 0 radical (unpaired) electrons. The fourth-order valence-electron chi connectivity index (χ4n) is 8.52. The lowest BCUT2D eigenvalue weighted by atomic mass is 9.70. The average Bonchev–Trinajstić information content (AvgIpc) is 3.44. The summed E-state index contributed by atoms with van der Waals surface area (Å²) in [6.45, 7) is 11.7. The Balaban J connectivity index is 1.19. The monoisotopic (exact) mass is 745 g/mol. The van der Waals surface area contributed by atoms with Gasteiger partial charge < -0.3 is 30.5 Å². The second-order valence-corrected chi connectivity index (χ2v) is 17.7. The van der Waals surface area contributed by atoms with E-state index in [1.807, 2.05) is 35.2 Å². The molecule has 294 valence electrons. The van der Waals surface area contributed by atoms with Gasteiger partial charge in [0.2, 0.25) is 23.6 Å². The summed E-state index contributed by atoms with van der Waals surface area (Å²) in [6, 6.07) is 8.83. The van der Waals surface area contributed by atoms with Crippen molar-refractivity contribution in [3.8, 4) is 0 Å². The highest BCUT2D eigenvalue weighted by atomic mass is 16.5. The minimum Gasteiger partial charge on any atom is -0.376 e. The molecule has 1 spiro atoms. The third-order valence-corrected chi connectivity index (χ3v) is 12.4. The summed E-state index contributed by atoms with van der Waals surface area (Å²) in [4.78, 5) is 71.9. The number of hydrogen-bond acceptors (Lipinski definition) is 7. The van der Waals surface area contributed by atoms with E-state index in [1.54, 1.807) is 49.8 Å². The number of aromatic nitrogens is 2. The third-order valence-electron chi connectivity index (χ3n) is 12.4. The van der Waals surface area contributed by atoms with Crippen LogP contribution in [0.1, 0.15) is 89.1 Å². The molecule has 54 heavy (non-hydrogen) atoms. The van der Waals surface area contributed by atoms with Gasteiger partial charge in [-0.05, 0) is 56.9 Å². The van der Waals surface area contributed by atoms with Gasteiger partial charge in [-0.1, -0.05) is 63.4 Å². The molecule has 1 aromatic heterocycles. The number of hydrogen-bond donors (Lipinski definition) is 3. The minimum atomic E-state index is -1.04. The van der Waals surface area contributed by atoms with Crippen LogP contribution < -0.4 is 16.0 Å². The Kier molecular flexibility index (Phi) is 11.6. The van der Waals surface area contributed by atoms with Crippen molar-refractivity contribution >= 4 is 29.5 Å². The Morgan fingerprint density at radius 1 is 0.981 bits per heavy atom. The molecule has 4 aliphatic rings. The molecule has 4 fully saturated rings. The normalized spacial score (nSPS) is 22.9. The predicted octanol–water partition coefficient (Wildman–Crippen LogP) is 3.24. The van der Waals surface area contributed by atoms with Gasteiger partial charge in [0.15, 0.2) is 0 Å². The molecule has 3 heterocycles. The standard InChI is InChI=1S/C41H59N7O6/c1-27(54-22-29-15-11-8-12-16-29)33(35(50)43-23-40(4,5)38(53)42-6)45-34(49)32-21-46(24-41(32)25-47(26-41)37(52)31-17-39(31,2)3)36(51)30-18-44-48(20-30)19-28-13-9-7-10-14-28/h7,9-10,13-14,18,20,27,29,31-33H,8,11-12,15-17,19,21-26H2,1-6H3,(H,42,53)(H,43,50)(H,45,49)/t27-,31-,32+,33+/m1/s1. The maximum absolute atomic E-state index is 14.5. The molecule has 2 aromatic rings. The minimum absolute atomic E-state index is 0.0328. The zero-order valence-electron chi connectivity index (χ0n) is 32.9. The quantitative estimate of drug-likeness (QED) is 0.268. The fraction of sp³-hybridized carbons (Fsp3) is 0.659. The molecule has 2 saturated heterocycles. The lowest BCUT2D eigenvalue weighted by Crippen LogP contribution is -2.65. The fourth-order valence-corrected chi connectivity index (χ4v) is 8.52. The van der Waals surface area contributed by atoms with Crippen LogP contribution in [0.25, 0.3) is 0 Å². The molecule has 2 aliphatic heterocycles. The SMILES string of the molecule is CNC(=O)C(C)(C)CNC(=O)[C@@H](NC(=O)[C@@H]1CN(C(=O)c2cnn(Cc3ccccc3)c2)CC12CN(C(=O)[C@H]1CC1(C)C)C2)[C@@H](C)OCC1CCCCC1. The highest BCUT2D eigenvalue weighted by molar-refractivity contribution is 5.96. The van der Waals surface area contributed by atoms with Gasteiger partial charge in [0.1, 0.15) is 6.04 Å². The van der Waals surface area contributed by atoms with E-state index in [-0.39, 0.29) is 48.1 Å². The summed E-state index contributed by atoms with van der Waals surface area (Å²) < 4.78 is 8.03. The summed E-state index contributed by atoms with van der Waals surface area (Å²) in [5, 5.41) is 13.0. The van der Waals surface area contributed by atoms with Crippen LogP contribution in [0.5, 0.6) is 0 Å². The summed E-state index contributed by atoms with van der Waals surface area (Å²) in [6.07, 6.45) is 9.14. The van der Waals surface area contributed by atoms with Crippen LogP contribution >= 0.6 is 0 Å². The van der Waals surface area contributed by atoms with Crippen molar-refractivity contribution in [1.29, 1.82) is 0 Å². The summed E-state index contributed by atoms with van der Waals surface area (Å²) in [7, 11) is 1.55. The Morgan fingerprint density at radius 2 is 1.65 bits per heavy atom. The van der Waals surface area contributed by atoms with Crippen molar-refractivity contribution in [1.82, 2.24) is 35.5 Å². The van der Waals surface area contributed by atoms with E-state index < -0.39 is 34.8 Å². The highest BCUT2D eigenvalue weighted by Gasteiger charge is 2.62. The number of benzene rings is 1. The van der Waals surface area contributed by atoms with Gasteiger partial charge in [0, 0.05) is 63.9 Å². The zero-order chi connectivity index (χ0) is 38.8. The number of carbonyl (C=O) groups is 5. The van der Waals surface area contributed by atoms with E-state index in [0.29, 0.717) is 44.3 Å². The molecular weight excluding hydrogens is 686 g/mol. The molecule has 0 unspecified atom stereocenters. The Morgan fingerprint density at radius 3 is 2.30 bits per heavy atom. The van der Waals surface area contributed by atoms with Crippen LogP contribution in [-0.4, -0.2) is 108 Å². The molecule has 6 rings (SSSR count). The molecule has 4 atom stereocenters. The highest BCUT2D eigenvalue weighted by Crippen LogP contribution is 2.54. The van der Waals surface area contributed by atoms with E-state index >= 15 is 0 Å². The molecular formula is C41H59N7O6. The number of nitrogens with one attached hydrogen (secondary N) is 3. The molecule has 13 heteroatoms. The van der Waals surface area contributed by atoms with Crippen LogP contribution in [0.4, 0.5) is 0 Å². The largest absolute Gasteiger partial charge is 0.376 e. The van der Waals surface area contributed by atoms with Crippen molar-refractivity contribution < 1.29 is 28.7 Å². The molecule has 0 bridgehead atoms. The van der Waals surface area contributed by atoms with E-state index in [2.05, 4.69) is 34.9 Å². The van der Waals surface area contributed by atoms with Crippen molar-refractivity contribution in [3.05, 3.63) is 53.9 Å². The van der Waals surface area contributed by atoms with Gasteiger partial charge in [0.05, 0.1) is 35.7 Å². The Hall–Kier alpha value is -4.26. The van der Waals surface area contributed by atoms with Crippen molar-refractivity contribution in [3.63, 3.8) is 0 Å². The molecule has 1 aromatic carbocycles. The summed E-state index contributed by atoms with van der Waals surface area (Å²) >= 11 is 0. The first-order valence-corrected chi connectivity index (χ1v) is 19.7. The van der Waals surface area contributed by atoms with Crippen LogP contribution in [-0.2, 0) is 30.5 Å². The predicted molar refractivity (Wildman–Crippen MR) is 203 cm³/mol. The second kappa shape index (κ2) is 15.8. The number of rotatable bonds is 14. The maximum atomic E-state index is 14.5. The molecule has 3 N–H and O–H groups in total. The van der Waals surface area contributed by atoms with Gasteiger partial charge in [-0.3, -0.25) is 28.7 Å². The summed E-state index contributed by atoms with van der Waals surface area (Å²) in [5.74, 6) is -1.45. The van der Waals surface area contributed by atoms with Gasteiger partial charge in [0.25, 0.3) is 5.91 Å². The van der Waals surface area contributed by atoms with Crippen LogP contribution in [0.15, 0.2) is 42.7 Å². The molecule has 2 saturated carbocycles. The average molecular weight is 746 g/mol. The van der Waals surface area contributed by atoms with Crippen molar-refractivity contribution in [2.75, 3.05) is 46.4 Å². The smallest absolute Gasteiger partial charge is 0.257 e. The first-order valence-electron chi connectivity index (χ1n) is 19.7. The number of nitrogens with zero attached hydrogens (tertiary/aromatic N) is 4. The zero-order valence-corrected chi connectivity index (χ0v) is 32.9. The van der Waals surface area contributed by atoms with Crippen LogP contribution in [0.2, 0.25) is 0 Å². The van der Waals surface area contributed by atoms with Crippen molar-refractivity contribution in [2.24, 2.45) is 34.0 Å². The van der Waals surface area contributed by atoms with Gasteiger partial charge in [-0.25, -0.2) is 0 Å². The molecule has 2 aliphatic carbocycles. The third kappa shape index (κ3) is 8.66. The lowest BCUT2D eigenvalue weighted by molar-refractivity contribution is -0.152. The second-order valence-electron chi connectivity index (χ2n) is 17.7. The van der Waals surface area contributed by atoms with Crippen LogP contribution in [0.3, 0.4) is 0 Å². The maximum Gasteiger partial charge on any atom is 0.257 e. The Labute approximate surface area is 319 Å². The first-order chi connectivity index (χ1) is 25.6.